The van der Waals surface area contributed by atoms with Gasteiger partial charge in [0.2, 0.25) is 15.9 Å². The molecule has 0 saturated heterocycles. The minimum Gasteiger partial charge on any atom is -0.340 e. The molecule has 1 heterocycles. The van der Waals surface area contributed by atoms with Crippen LogP contribution in [0.5, 0.6) is 0 Å². The van der Waals surface area contributed by atoms with Crippen molar-refractivity contribution in [1.29, 1.82) is 0 Å². The molecule has 0 atom stereocenters. The first-order chi connectivity index (χ1) is 11.8. The van der Waals surface area contributed by atoms with Gasteiger partial charge in [0.25, 0.3) is 0 Å². The second-order valence-electron chi connectivity index (χ2n) is 6.39. The standard InChI is InChI=1S/C16H19Cl2N3O3S/c1-11-19-15(20-24-11)16(7-3-2-4-8-16)21-25(22,23)10-12-5-6-13(17)14(18)9-12/h5-6,9,21H,2-4,7-8,10H2,1H3. The molecule has 1 fully saturated rings. The molecule has 0 spiro atoms. The van der Waals surface area contributed by atoms with Crippen LogP contribution in [-0.4, -0.2) is 18.6 Å². The van der Waals surface area contributed by atoms with Gasteiger partial charge in [-0.05, 0) is 30.5 Å². The predicted octanol–water partition coefficient (Wildman–Crippen LogP) is 3.96. The topological polar surface area (TPSA) is 85.1 Å². The second kappa shape index (κ2) is 7.23. The Bertz CT molecular complexity index is 861. The number of sulfonamides is 1. The zero-order valence-corrected chi connectivity index (χ0v) is 16.1. The normalized spacial score (nSPS) is 17.6. The fourth-order valence-corrected chi connectivity index (χ4v) is 5.10. The average Bonchev–Trinajstić information content (AvgIpc) is 2.98. The first kappa shape index (κ1) is 18.6. The van der Waals surface area contributed by atoms with Gasteiger partial charge in [-0.15, -0.1) is 0 Å². The van der Waals surface area contributed by atoms with E-state index in [1.165, 1.54) is 0 Å². The molecule has 1 aliphatic rings. The molecule has 9 heteroatoms. The molecule has 1 saturated carbocycles. The van der Waals surface area contributed by atoms with Gasteiger partial charge in [0, 0.05) is 6.92 Å². The number of halogens is 2. The summed E-state index contributed by atoms with van der Waals surface area (Å²) in [5.41, 5.74) is -0.248. The fraction of sp³-hybridized carbons (Fsp3) is 0.500. The van der Waals surface area contributed by atoms with Crippen molar-refractivity contribution in [3.05, 3.63) is 45.5 Å². The van der Waals surface area contributed by atoms with Crippen LogP contribution in [0.4, 0.5) is 0 Å². The molecule has 0 amide bonds. The van der Waals surface area contributed by atoms with Crippen molar-refractivity contribution in [2.75, 3.05) is 0 Å². The van der Waals surface area contributed by atoms with E-state index in [0.717, 1.165) is 19.3 Å². The van der Waals surface area contributed by atoms with Crippen LogP contribution >= 0.6 is 23.2 Å². The number of rotatable bonds is 5. The molecule has 6 nitrogen and oxygen atoms in total. The third kappa shape index (κ3) is 4.34. The summed E-state index contributed by atoms with van der Waals surface area (Å²) in [7, 11) is -3.63. The SMILES string of the molecule is Cc1nc(C2(NS(=O)(=O)Cc3ccc(Cl)c(Cl)c3)CCCCC2)no1. The minimum atomic E-state index is -3.63. The monoisotopic (exact) mass is 403 g/mol. The quantitative estimate of drug-likeness (QED) is 0.815. The summed E-state index contributed by atoms with van der Waals surface area (Å²) in [6, 6.07) is 4.81. The first-order valence-corrected chi connectivity index (χ1v) is 10.5. The van der Waals surface area contributed by atoms with Gasteiger partial charge in [-0.2, -0.15) is 4.98 Å². The molecule has 1 aliphatic carbocycles. The van der Waals surface area contributed by atoms with E-state index in [0.29, 0.717) is 40.2 Å². The van der Waals surface area contributed by atoms with E-state index >= 15 is 0 Å². The van der Waals surface area contributed by atoms with Crippen LogP contribution in [-0.2, 0) is 21.3 Å². The summed E-state index contributed by atoms with van der Waals surface area (Å²) in [6.07, 6.45) is 4.16. The van der Waals surface area contributed by atoms with E-state index in [-0.39, 0.29) is 5.75 Å². The van der Waals surface area contributed by atoms with Gasteiger partial charge in [-0.3, -0.25) is 0 Å². The average molecular weight is 404 g/mol. The molecule has 0 radical (unpaired) electrons. The lowest BCUT2D eigenvalue weighted by molar-refractivity contribution is 0.248. The highest BCUT2D eigenvalue weighted by Gasteiger charge is 2.41. The van der Waals surface area contributed by atoms with Crippen molar-refractivity contribution in [2.24, 2.45) is 0 Å². The van der Waals surface area contributed by atoms with E-state index in [1.807, 2.05) is 0 Å². The predicted molar refractivity (Wildman–Crippen MR) is 96.0 cm³/mol. The minimum absolute atomic E-state index is 0.192. The second-order valence-corrected chi connectivity index (χ2v) is 8.93. The zero-order valence-electron chi connectivity index (χ0n) is 13.8. The van der Waals surface area contributed by atoms with Crippen LogP contribution in [0.15, 0.2) is 22.7 Å². The van der Waals surface area contributed by atoms with Crippen LogP contribution < -0.4 is 4.72 Å². The van der Waals surface area contributed by atoms with Crippen molar-refractivity contribution < 1.29 is 12.9 Å². The van der Waals surface area contributed by atoms with Gasteiger partial charge in [0.15, 0.2) is 5.82 Å². The molecule has 0 bridgehead atoms. The molecule has 25 heavy (non-hydrogen) atoms. The maximum atomic E-state index is 12.8. The number of aromatic nitrogens is 2. The summed E-state index contributed by atoms with van der Waals surface area (Å²) in [5, 5.41) is 4.70. The van der Waals surface area contributed by atoms with E-state index in [1.54, 1.807) is 25.1 Å². The largest absolute Gasteiger partial charge is 0.340 e. The van der Waals surface area contributed by atoms with Gasteiger partial charge in [-0.1, -0.05) is 53.7 Å². The van der Waals surface area contributed by atoms with Crippen LogP contribution in [0.25, 0.3) is 0 Å². The Morgan fingerprint density at radius 2 is 1.92 bits per heavy atom. The maximum absolute atomic E-state index is 12.8. The van der Waals surface area contributed by atoms with Gasteiger partial charge < -0.3 is 4.52 Å². The number of nitrogens with one attached hydrogen (secondary N) is 1. The molecule has 0 aliphatic heterocycles. The highest BCUT2D eigenvalue weighted by atomic mass is 35.5. The molecule has 1 aromatic carbocycles. The Morgan fingerprint density at radius 3 is 2.52 bits per heavy atom. The van der Waals surface area contributed by atoms with Crippen molar-refractivity contribution in [2.45, 2.75) is 50.3 Å². The number of hydrogen-bond donors (Lipinski definition) is 1. The highest BCUT2D eigenvalue weighted by Crippen LogP contribution is 2.36. The van der Waals surface area contributed by atoms with Gasteiger partial charge in [0.05, 0.1) is 21.3 Å². The van der Waals surface area contributed by atoms with Gasteiger partial charge in [-0.25, -0.2) is 13.1 Å². The molecule has 2 aromatic rings. The Morgan fingerprint density at radius 1 is 1.20 bits per heavy atom. The third-order valence-electron chi connectivity index (χ3n) is 4.35. The number of hydrogen-bond acceptors (Lipinski definition) is 5. The van der Waals surface area contributed by atoms with E-state index in [4.69, 9.17) is 27.7 Å². The van der Waals surface area contributed by atoms with E-state index < -0.39 is 15.6 Å². The lowest BCUT2D eigenvalue weighted by Crippen LogP contribution is -2.48. The molecule has 1 aromatic heterocycles. The summed E-state index contributed by atoms with van der Waals surface area (Å²) in [6.45, 7) is 1.69. The smallest absolute Gasteiger partial charge is 0.223 e. The fourth-order valence-electron chi connectivity index (χ4n) is 3.20. The van der Waals surface area contributed by atoms with Crippen molar-refractivity contribution in [3.63, 3.8) is 0 Å². The Labute approximate surface area is 157 Å². The van der Waals surface area contributed by atoms with Crippen LogP contribution in [0.3, 0.4) is 0 Å². The van der Waals surface area contributed by atoms with E-state index in [9.17, 15) is 8.42 Å². The third-order valence-corrected chi connectivity index (χ3v) is 6.51. The summed E-state index contributed by atoms with van der Waals surface area (Å²) >= 11 is 11.9. The number of nitrogens with zero attached hydrogens (tertiary/aromatic N) is 2. The van der Waals surface area contributed by atoms with Gasteiger partial charge >= 0.3 is 0 Å². The summed E-state index contributed by atoms with van der Waals surface area (Å²) < 4.78 is 33.5. The molecular weight excluding hydrogens is 385 g/mol. The highest BCUT2D eigenvalue weighted by molar-refractivity contribution is 7.88. The van der Waals surface area contributed by atoms with Crippen molar-refractivity contribution >= 4 is 33.2 Å². The Hall–Kier alpha value is -1.15. The maximum Gasteiger partial charge on any atom is 0.223 e. The van der Waals surface area contributed by atoms with Crippen LogP contribution in [0.2, 0.25) is 10.0 Å². The van der Waals surface area contributed by atoms with Gasteiger partial charge in [0.1, 0.15) is 0 Å². The van der Waals surface area contributed by atoms with Crippen molar-refractivity contribution in [3.8, 4) is 0 Å². The lowest BCUT2D eigenvalue weighted by Gasteiger charge is -2.34. The number of aryl methyl sites for hydroxylation is 1. The zero-order chi connectivity index (χ0) is 18.1. The van der Waals surface area contributed by atoms with Crippen LogP contribution in [0.1, 0.15) is 49.4 Å². The van der Waals surface area contributed by atoms with E-state index in [2.05, 4.69) is 14.9 Å². The van der Waals surface area contributed by atoms with Crippen LogP contribution in [0, 0.1) is 6.92 Å². The molecule has 0 unspecified atom stereocenters. The Balaban J connectivity index is 1.86. The summed E-state index contributed by atoms with van der Waals surface area (Å²) in [4.78, 5) is 4.28. The molecule has 1 N–H and O–H groups in total. The first-order valence-electron chi connectivity index (χ1n) is 8.06. The lowest BCUT2D eigenvalue weighted by atomic mass is 9.82. The molecular formula is C16H19Cl2N3O3S. The summed E-state index contributed by atoms with van der Waals surface area (Å²) in [5.74, 6) is 0.633. The van der Waals surface area contributed by atoms with Crippen molar-refractivity contribution in [1.82, 2.24) is 14.9 Å². The molecule has 3 rings (SSSR count). The Kier molecular flexibility index (Phi) is 5.39. The number of benzene rings is 1. The molecule has 136 valence electrons.